The molecule has 2 heterocycles. The van der Waals surface area contributed by atoms with E-state index in [1.165, 1.54) is 0 Å². The summed E-state index contributed by atoms with van der Waals surface area (Å²) in [5.41, 5.74) is 1.82. The number of carbonyl (C=O) groups is 1. The van der Waals surface area contributed by atoms with Gasteiger partial charge < -0.3 is 9.80 Å². The Morgan fingerprint density at radius 1 is 1.10 bits per heavy atom. The highest BCUT2D eigenvalue weighted by molar-refractivity contribution is 5.78. The standard InChI is InChI=1S/C16H20N4O/c1-12(2)16(21)20-9-7-19(8-10-20)15-11-17-13-5-3-4-6-14(13)18-15/h3-6,11-12H,7-10H2,1-2H3. The normalized spacial score (nSPS) is 15.8. The second-order valence-corrected chi connectivity index (χ2v) is 5.68. The molecule has 5 heteroatoms. The molecule has 0 spiro atoms. The van der Waals surface area contributed by atoms with Gasteiger partial charge in [0.05, 0.1) is 17.2 Å². The van der Waals surface area contributed by atoms with Gasteiger partial charge in [0, 0.05) is 32.1 Å². The summed E-state index contributed by atoms with van der Waals surface area (Å²) in [5, 5.41) is 0. The second-order valence-electron chi connectivity index (χ2n) is 5.68. The number of para-hydroxylation sites is 2. The van der Waals surface area contributed by atoms with Crippen LogP contribution < -0.4 is 4.90 Å². The minimum absolute atomic E-state index is 0.0667. The number of carbonyl (C=O) groups excluding carboxylic acids is 1. The Bertz CT molecular complexity index is 648. The second kappa shape index (κ2) is 5.68. The van der Waals surface area contributed by atoms with E-state index in [9.17, 15) is 4.79 Å². The Morgan fingerprint density at radius 3 is 2.43 bits per heavy atom. The van der Waals surface area contributed by atoms with Crippen LogP contribution in [-0.4, -0.2) is 47.0 Å². The van der Waals surface area contributed by atoms with Gasteiger partial charge in [-0.15, -0.1) is 0 Å². The molecule has 1 aromatic carbocycles. The lowest BCUT2D eigenvalue weighted by Crippen LogP contribution is -2.50. The zero-order chi connectivity index (χ0) is 14.8. The number of hydrogen-bond donors (Lipinski definition) is 0. The number of nitrogens with zero attached hydrogens (tertiary/aromatic N) is 4. The largest absolute Gasteiger partial charge is 0.352 e. The Hall–Kier alpha value is -2.17. The van der Waals surface area contributed by atoms with Crippen LogP contribution >= 0.6 is 0 Å². The smallest absolute Gasteiger partial charge is 0.225 e. The first-order valence-electron chi connectivity index (χ1n) is 7.40. The van der Waals surface area contributed by atoms with Crippen molar-refractivity contribution in [2.24, 2.45) is 5.92 Å². The van der Waals surface area contributed by atoms with Crippen molar-refractivity contribution in [3.05, 3.63) is 30.5 Å². The van der Waals surface area contributed by atoms with Crippen LogP contribution in [0.1, 0.15) is 13.8 Å². The van der Waals surface area contributed by atoms with Gasteiger partial charge in [-0.25, -0.2) is 4.98 Å². The maximum Gasteiger partial charge on any atom is 0.225 e. The lowest BCUT2D eigenvalue weighted by molar-refractivity contribution is -0.134. The lowest BCUT2D eigenvalue weighted by atomic mass is 10.1. The molecule has 1 fully saturated rings. The highest BCUT2D eigenvalue weighted by Crippen LogP contribution is 2.17. The average Bonchev–Trinajstić information content (AvgIpc) is 2.54. The van der Waals surface area contributed by atoms with Crippen LogP contribution in [0.5, 0.6) is 0 Å². The molecule has 110 valence electrons. The summed E-state index contributed by atoms with van der Waals surface area (Å²) in [6.07, 6.45) is 1.82. The van der Waals surface area contributed by atoms with Crippen molar-refractivity contribution in [1.29, 1.82) is 0 Å². The quantitative estimate of drug-likeness (QED) is 0.845. The van der Waals surface area contributed by atoms with Gasteiger partial charge in [0.15, 0.2) is 0 Å². The van der Waals surface area contributed by atoms with Gasteiger partial charge >= 0.3 is 0 Å². The molecule has 5 nitrogen and oxygen atoms in total. The molecule has 0 saturated carbocycles. The van der Waals surface area contributed by atoms with Crippen molar-refractivity contribution in [3.63, 3.8) is 0 Å². The molecule has 1 amide bonds. The van der Waals surface area contributed by atoms with E-state index in [0.717, 1.165) is 43.0 Å². The summed E-state index contributed by atoms with van der Waals surface area (Å²) < 4.78 is 0. The molecule has 0 atom stereocenters. The number of piperazine rings is 1. The number of rotatable bonds is 2. The van der Waals surface area contributed by atoms with E-state index < -0.39 is 0 Å². The first-order chi connectivity index (χ1) is 10.1. The van der Waals surface area contributed by atoms with Gasteiger partial charge in [-0.2, -0.15) is 0 Å². The SMILES string of the molecule is CC(C)C(=O)N1CCN(c2cnc3ccccc3n2)CC1. The van der Waals surface area contributed by atoms with E-state index in [1.54, 1.807) is 0 Å². The highest BCUT2D eigenvalue weighted by Gasteiger charge is 2.23. The number of anilines is 1. The highest BCUT2D eigenvalue weighted by atomic mass is 16.2. The molecule has 1 aromatic heterocycles. The summed E-state index contributed by atoms with van der Waals surface area (Å²) in [4.78, 5) is 25.3. The molecule has 0 radical (unpaired) electrons. The van der Waals surface area contributed by atoms with Crippen LogP contribution in [0.4, 0.5) is 5.82 Å². The Morgan fingerprint density at radius 2 is 1.76 bits per heavy atom. The third kappa shape index (κ3) is 2.82. The summed E-state index contributed by atoms with van der Waals surface area (Å²) in [7, 11) is 0. The molecule has 1 saturated heterocycles. The van der Waals surface area contributed by atoms with Gasteiger partial charge in [-0.05, 0) is 12.1 Å². The van der Waals surface area contributed by atoms with E-state index in [2.05, 4.69) is 14.9 Å². The van der Waals surface area contributed by atoms with Gasteiger partial charge in [0.2, 0.25) is 5.91 Å². The van der Waals surface area contributed by atoms with Crippen molar-refractivity contribution < 1.29 is 4.79 Å². The predicted octanol–water partition coefficient (Wildman–Crippen LogP) is 1.93. The van der Waals surface area contributed by atoms with E-state index in [0.29, 0.717) is 0 Å². The zero-order valence-corrected chi connectivity index (χ0v) is 12.5. The van der Waals surface area contributed by atoms with Crippen LogP contribution in [-0.2, 0) is 4.79 Å². The zero-order valence-electron chi connectivity index (χ0n) is 12.5. The van der Waals surface area contributed by atoms with Crippen LogP contribution in [0.25, 0.3) is 11.0 Å². The van der Waals surface area contributed by atoms with Gasteiger partial charge in [-0.3, -0.25) is 9.78 Å². The van der Waals surface area contributed by atoms with Crippen molar-refractivity contribution in [2.45, 2.75) is 13.8 Å². The first kappa shape index (κ1) is 13.8. The van der Waals surface area contributed by atoms with E-state index >= 15 is 0 Å². The molecule has 1 aliphatic rings. The molecular formula is C16H20N4O. The van der Waals surface area contributed by atoms with Gasteiger partial charge in [0.25, 0.3) is 0 Å². The molecule has 0 bridgehead atoms. The van der Waals surface area contributed by atoms with E-state index in [1.807, 2.05) is 49.2 Å². The summed E-state index contributed by atoms with van der Waals surface area (Å²) in [6.45, 7) is 7.03. The molecule has 1 aliphatic heterocycles. The van der Waals surface area contributed by atoms with E-state index in [-0.39, 0.29) is 11.8 Å². The number of amides is 1. The number of aromatic nitrogens is 2. The first-order valence-corrected chi connectivity index (χ1v) is 7.40. The molecule has 0 N–H and O–H groups in total. The summed E-state index contributed by atoms with van der Waals surface area (Å²) in [5.74, 6) is 1.20. The van der Waals surface area contributed by atoms with Gasteiger partial charge in [-0.1, -0.05) is 26.0 Å². The lowest BCUT2D eigenvalue weighted by Gasteiger charge is -2.36. The fourth-order valence-electron chi connectivity index (χ4n) is 2.62. The fraction of sp³-hybridized carbons (Fsp3) is 0.438. The Balaban J connectivity index is 1.72. The van der Waals surface area contributed by atoms with Crippen LogP contribution in [0, 0.1) is 5.92 Å². The molecule has 2 aromatic rings. The molecule has 3 rings (SSSR count). The van der Waals surface area contributed by atoms with Crippen molar-refractivity contribution in [3.8, 4) is 0 Å². The number of benzene rings is 1. The monoisotopic (exact) mass is 284 g/mol. The summed E-state index contributed by atoms with van der Waals surface area (Å²) in [6, 6.07) is 7.88. The predicted molar refractivity (Wildman–Crippen MR) is 83.2 cm³/mol. The minimum atomic E-state index is 0.0667. The topological polar surface area (TPSA) is 49.3 Å². The van der Waals surface area contributed by atoms with Crippen molar-refractivity contribution in [1.82, 2.24) is 14.9 Å². The Kier molecular flexibility index (Phi) is 3.73. The number of fused-ring (bicyclic) bond motifs is 1. The minimum Gasteiger partial charge on any atom is -0.352 e. The fourth-order valence-corrected chi connectivity index (χ4v) is 2.62. The molecule has 0 unspecified atom stereocenters. The number of hydrogen-bond acceptors (Lipinski definition) is 4. The maximum absolute atomic E-state index is 12.0. The van der Waals surface area contributed by atoms with Crippen LogP contribution in [0.2, 0.25) is 0 Å². The third-order valence-electron chi connectivity index (χ3n) is 3.85. The summed E-state index contributed by atoms with van der Waals surface area (Å²) >= 11 is 0. The van der Waals surface area contributed by atoms with Crippen molar-refractivity contribution in [2.75, 3.05) is 31.1 Å². The average molecular weight is 284 g/mol. The molecule has 21 heavy (non-hydrogen) atoms. The van der Waals surface area contributed by atoms with E-state index in [4.69, 9.17) is 0 Å². The van der Waals surface area contributed by atoms with Crippen LogP contribution in [0.3, 0.4) is 0 Å². The maximum atomic E-state index is 12.0. The van der Waals surface area contributed by atoms with Gasteiger partial charge in [0.1, 0.15) is 5.82 Å². The van der Waals surface area contributed by atoms with Crippen molar-refractivity contribution >= 4 is 22.8 Å². The Labute approximate surface area is 124 Å². The third-order valence-corrected chi connectivity index (χ3v) is 3.85. The molecule has 0 aliphatic carbocycles. The van der Waals surface area contributed by atoms with Crippen LogP contribution in [0.15, 0.2) is 30.5 Å². The molecular weight excluding hydrogens is 264 g/mol.